The van der Waals surface area contributed by atoms with E-state index in [9.17, 15) is 0 Å². The van der Waals surface area contributed by atoms with Crippen LogP contribution in [0.5, 0.6) is 5.75 Å². The molecular formula is C13H18N4OS. The molecule has 1 heterocycles. The number of benzene rings is 1. The van der Waals surface area contributed by atoms with Crippen molar-refractivity contribution in [2.45, 2.75) is 19.8 Å². The number of rotatable bonds is 7. The van der Waals surface area contributed by atoms with E-state index in [0.29, 0.717) is 18.8 Å². The van der Waals surface area contributed by atoms with Crippen molar-refractivity contribution in [1.29, 1.82) is 0 Å². The Bertz CT molecular complexity index is 515. The van der Waals surface area contributed by atoms with Crippen molar-refractivity contribution in [2.24, 2.45) is 0 Å². The van der Waals surface area contributed by atoms with E-state index in [1.807, 2.05) is 24.3 Å². The summed E-state index contributed by atoms with van der Waals surface area (Å²) in [5, 5.41) is 4.04. The summed E-state index contributed by atoms with van der Waals surface area (Å²) in [6.45, 7) is 3.37. The fourth-order valence-electron chi connectivity index (χ4n) is 1.58. The first-order valence-electron chi connectivity index (χ1n) is 6.32. The lowest BCUT2D eigenvalue weighted by Crippen LogP contribution is -2.11. The zero-order chi connectivity index (χ0) is 13.5. The van der Waals surface area contributed by atoms with Crippen molar-refractivity contribution in [2.75, 3.05) is 24.2 Å². The number of ether oxygens (including phenoxy) is 1. The molecule has 0 aliphatic heterocycles. The van der Waals surface area contributed by atoms with Gasteiger partial charge in [-0.15, -0.1) is 0 Å². The minimum atomic E-state index is 0.562. The van der Waals surface area contributed by atoms with Gasteiger partial charge in [0.15, 0.2) is 0 Å². The molecular weight excluding hydrogens is 260 g/mol. The number of nitrogen functional groups attached to an aromatic ring is 1. The van der Waals surface area contributed by atoms with Crippen LogP contribution in [0.2, 0.25) is 0 Å². The molecule has 0 saturated heterocycles. The summed E-state index contributed by atoms with van der Waals surface area (Å²) >= 11 is 1.39. The molecule has 5 nitrogen and oxygen atoms in total. The molecule has 0 unspecified atom stereocenters. The molecule has 0 spiro atoms. The molecule has 102 valence electrons. The highest BCUT2D eigenvalue weighted by Gasteiger charge is 2.02. The average molecular weight is 278 g/mol. The van der Waals surface area contributed by atoms with Gasteiger partial charge < -0.3 is 15.8 Å². The van der Waals surface area contributed by atoms with Gasteiger partial charge in [0.05, 0.1) is 6.54 Å². The van der Waals surface area contributed by atoms with Crippen LogP contribution in [0.4, 0.5) is 10.8 Å². The van der Waals surface area contributed by atoms with Crippen LogP contribution in [0, 0.1) is 0 Å². The molecule has 2 aromatic rings. The molecule has 0 fully saturated rings. The zero-order valence-corrected chi connectivity index (χ0v) is 11.7. The Morgan fingerprint density at radius 2 is 2.32 bits per heavy atom. The summed E-state index contributed by atoms with van der Waals surface area (Å²) in [5.74, 6) is 1.69. The molecule has 0 atom stereocenters. The van der Waals surface area contributed by atoms with Crippen LogP contribution in [-0.2, 0) is 6.42 Å². The fraction of sp³-hybridized carbons (Fsp3) is 0.385. The van der Waals surface area contributed by atoms with Crippen molar-refractivity contribution in [3.05, 3.63) is 30.1 Å². The Morgan fingerprint density at radius 3 is 3.11 bits per heavy atom. The highest BCUT2D eigenvalue weighted by atomic mass is 32.1. The van der Waals surface area contributed by atoms with Crippen LogP contribution in [0.1, 0.15) is 19.2 Å². The topological polar surface area (TPSA) is 73.1 Å². The third-order valence-corrected chi connectivity index (χ3v) is 3.16. The first kappa shape index (κ1) is 13.6. The van der Waals surface area contributed by atoms with Crippen LogP contribution in [-0.4, -0.2) is 22.5 Å². The highest BCUT2D eigenvalue weighted by Crippen LogP contribution is 2.15. The van der Waals surface area contributed by atoms with E-state index >= 15 is 0 Å². The SMILES string of the molecule is CCCc1nsc(NCCOc2cccc(N)c2)n1. The molecule has 0 amide bonds. The van der Waals surface area contributed by atoms with E-state index in [1.165, 1.54) is 11.5 Å². The van der Waals surface area contributed by atoms with Crippen LogP contribution in [0.3, 0.4) is 0 Å². The third-order valence-electron chi connectivity index (χ3n) is 2.45. The molecule has 19 heavy (non-hydrogen) atoms. The number of hydrogen-bond donors (Lipinski definition) is 2. The monoisotopic (exact) mass is 278 g/mol. The number of nitrogens with zero attached hydrogens (tertiary/aromatic N) is 2. The van der Waals surface area contributed by atoms with Gasteiger partial charge >= 0.3 is 0 Å². The zero-order valence-electron chi connectivity index (χ0n) is 10.9. The maximum Gasteiger partial charge on any atom is 0.202 e. The van der Waals surface area contributed by atoms with Gasteiger partial charge in [0.25, 0.3) is 0 Å². The van der Waals surface area contributed by atoms with Crippen LogP contribution < -0.4 is 15.8 Å². The lowest BCUT2D eigenvalue weighted by atomic mass is 10.3. The number of aryl methyl sites for hydroxylation is 1. The highest BCUT2D eigenvalue weighted by molar-refractivity contribution is 7.09. The lowest BCUT2D eigenvalue weighted by Gasteiger charge is -2.06. The van der Waals surface area contributed by atoms with Crippen molar-refractivity contribution < 1.29 is 4.74 Å². The number of aromatic nitrogens is 2. The third kappa shape index (κ3) is 4.40. The van der Waals surface area contributed by atoms with E-state index in [2.05, 4.69) is 21.6 Å². The molecule has 3 N–H and O–H groups in total. The first-order chi connectivity index (χ1) is 9.28. The predicted octanol–water partition coefficient (Wildman–Crippen LogP) is 2.56. The van der Waals surface area contributed by atoms with Gasteiger partial charge in [-0.2, -0.15) is 4.37 Å². The predicted molar refractivity (Wildman–Crippen MR) is 78.7 cm³/mol. The largest absolute Gasteiger partial charge is 0.492 e. The van der Waals surface area contributed by atoms with Crippen LogP contribution in [0.25, 0.3) is 0 Å². The van der Waals surface area contributed by atoms with Gasteiger partial charge in [-0.3, -0.25) is 0 Å². The summed E-state index contributed by atoms with van der Waals surface area (Å²) in [4.78, 5) is 4.38. The van der Waals surface area contributed by atoms with Gasteiger partial charge in [-0.1, -0.05) is 13.0 Å². The van der Waals surface area contributed by atoms with Crippen LogP contribution >= 0.6 is 11.5 Å². The molecule has 0 aliphatic rings. The summed E-state index contributed by atoms with van der Waals surface area (Å²) in [7, 11) is 0. The number of nitrogens with two attached hydrogens (primary N) is 1. The van der Waals surface area contributed by atoms with Gasteiger partial charge in [0.2, 0.25) is 5.13 Å². The molecule has 0 bridgehead atoms. The Balaban J connectivity index is 1.71. The molecule has 1 aromatic heterocycles. The standard InChI is InChI=1S/C13H18N4OS/c1-2-4-12-16-13(19-17-12)15-7-8-18-11-6-3-5-10(14)9-11/h3,5-6,9H,2,4,7-8,14H2,1H3,(H,15,16,17). The minimum absolute atomic E-state index is 0.562. The smallest absolute Gasteiger partial charge is 0.202 e. The Morgan fingerprint density at radius 1 is 1.42 bits per heavy atom. The van der Waals surface area contributed by atoms with Crippen LogP contribution in [0.15, 0.2) is 24.3 Å². The lowest BCUT2D eigenvalue weighted by molar-refractivity contribution is 0.333. The van der Waals surface area contributed by atoms with Crippen molar-refractivity contribution in [1.82, 2.24) is 9.36 Å². The van der Waals surface area contributed by atoms with E-state index in [0.717, 1.165) is 29.5 Å². The number of nitrogens with one attached hydrogen (secondary N) is 1. The van der Waals surface area contributed by atoms with Gasteiger partial charge in [0.1, 0.15) is 18.2 Å². The minimum Gasteiger partial charge on any atom is -0.492 e. The number of hydrogen-bond acceptors (Lipinski definition) is 6. The molecule has 2 rings (SSSR count). The first-order valence-corrected chi connectivity index (χ1v) is 7.10. The average Bonchev–Trinajstić information content (AvgIpc) is 2.83. The Kier molecular flexibility index (Phi) is 4.97. The molecule has 0 saturated carbocycles. The van der Waals surface area contributed by atoms with Gasteiger partial charge in [-0.25, -0.2) is 4.98 Å². The van der Waals surface area contributed by atoms with Gasteiger partial charge in [-0.05, 0) is 18.6 Å². The van der Waals surface area contributed by atoms with Crippen molar-refractivity contribution >= 4 is 22.4 Å². The second-order valence-electron chi connectivity index (χ2n) is 4.11. The van der Waals surface area contributed by atoms with E-state index in [1.54, 1.807) is 0 Å². The van der Waals surface area contributed by atoms with E-state index in [-0.39, 0.29) is 0 Å². The molecule has 6 heteroatoms. The number of anilines is 2. The summed E-state index contributed by atoms with van der Waals surface area (Å²) in [6.07, 6.45) is 1.99. The molecule has 1 aromatic carbocycles. The molecule has 0 radical (unpaired) electrons. The Labute approximate surface area is 117 Å². The summed E-state index contributed by atoms with van der Waals surface area (Å²) in [5.41, 5.74) is 6.38. The van der Waals surface area contributed by atoms with Crippen molar-refractivity contribution in [3.8, 4) is 5.75 Å². The molecule has 0 aliphatic carbocycles. The fourth-order valence-corrected chi connectivity index (χ4v) is 2.22. The van der Waals surface area contributed by atoms with Crippen molar-refractivity contribution in [3.63, 3.8) is 0 Å². The van der Waals surface area contributed by atoms with E-state index in [4.69, 9.17) is 10.5 Å². The second-order valence-corrected chi connectivity index (χ2v) is 4.87. The Hall–Kier alpha value is -1.82. The van der Waals surface area contributed by atoms with E-state index < -0.39 is 0 Å². The second kappa shape index (κ2) is 6.94. The van der Waals surface area contributed by atoms with Gasteiger partial charge in [0, 0.05) is 29.7 Å². The summed E-state index contributed by atoms with van der Waals surface area (Å²) in [6, 6.07) is 7.41. The summed E-state index contributed by atoms with van der Waals surface area (Å²) < 4.78 is 9.84. The quantitative estimate of drug-likeness (QED) is 0.601. The normalized spacial score (nSPS) is 10.4. The maximum atomic E-state index is 5.67. The maximum absolute atomic E-state index is 5.67.